The van der Waals surface area contributed by atoms with E-state index in [0.29, 0.717) is 49.1 Å². The molecule has 1 fully saturated rings. The van der Waals surface area contributed by atoms with Crippen molar-refractivity contribution in [3.8, 4) is 11.5 Å². The number of anilines is 1. The monoisotopic (exact) mass is 381 g/mol. The Balaban J connectivity index is 1.78. The number of rotatable bonds is 5. The molecule has 26 heavy (non-hydrogen) atoms. The normalized spacial score (nSPS) is 15.9. The lowest BCUT2D eigenvalue weighted by Crippen LogP contribution is -2.48. The Morgan fingerprint density at radius 1 is 1.08 bits per heavy atom. The quantitative estimate of drug-likeness (QED) is 0.781. The van der Waals surface area contributed by atoms with Crippen molar-refractivity contribution in [1.29, 1.82) is 0 Å². The maximum absolute atomic E-state index is 12.9. The van der Waals surface area contributed by atoms with Crippen LogP contribution >= 0.6 is 0 Å². The van der Waals surface area contributed by atoms with E-state index in [4.69, 9.17) is 14.0 Å². The van der Waals surface area contributed by atoms with Gasteiger partial charge in [0, 0.05) is 32.2 Å². The molecule has 0 radical (unpaired) electrons. The summed E-state index contributed by atoms with van der Waals surface area (Å²) in [5, 5.41) is 3.76. The standard InChI is InChI=1S/C17H23N3O5S/c1-12-17(13(2)25-18-12)26(21,22)20-9-7-19(8-10-20)15-6-5-14(23-3)11-16(15)24-4/h5-6,11H,7-10H2,1-4H3. The van der Waals surface area contributed by atoms with E-state index < -0.39 is 10.0 Å². The fraction of sp³-hybridized carbons (Fsp3) is 0.471. The molecule has 0 saturated carbocycles. The van der Waals surface area contributed by atoms with Gasteiger partial charge in [0.2, 0.25) is 10.0 Å². The zero-order valence-corrected chi connectivity index (χ0v) is 16.2. The summed E-state index contributed by atoms with van der Waals surface area (Å²) >= 11 is 0. The molecule has 1 aliphatic heterocycles. The molecule has 2 aromatic rings. The number of nitrogens with zero attached hydrogens (tertiary/aromatic N) is 3. The van der Waals surface area contributed by atoms with Gasteiger partial charge in [-0.25, -0.2) is 8.42 Å². The van der Waals surface area contributed by atoms with Gasteiger partial charge in [-0.15, -0.1) is 0 Å². The highest BCUT2D eigenvalue weighted by molar-refractivity contribution is 7.89. The van der Waals surface area contributed by atoms with Crippen molar-refractivity contribution in [2.75, 3.05) is 45.3 Å². The number of ether oxygens (including phenoxy) is 2. The van der Waals surface area contributed by atoms with E-state index in [1.54, 1.807) is 28.1 Å². The molecule has 9 heteroatoms. The predicted molar refractivity (Wildman–Crippen MR) is 96.5 cm³/mol. The molecule has 0 N–H and O–H groups in total. The Kier molecular flexibility index (Phi) is 5.10. The molecular formula is C17H23N3O5S. The summed E-state index contributed by atoms with van der Waals surface area (Å²) in [7, 11) is -0.401. The van der Waals surface area contributed by atoms with Gasteiger partial charge < -0.3 is 18.9 Å². The van der Waals surface area contributed by atoms with Crippen molar-refractivity contribution < 1.29 is 22.4 Å². The SMILES string of the molecule is COc1ccc(N2CCN(S(=O)(=O)c3c(C)noc3C)CC2)c(OC)c1. The first-order valence-corrected chi connectivity index (χ1v) is 9.72. The van der Waals surface area contributed by atoms with Gasteiger partial charge in [0.15, 0.2) is 5.76 Å². The third-order valence-corrected chi connectivity index (χ3v) is 6.68. The van der Waals surface area contributed by atoms with Crippen molar-refractivity contribution >= 4 is 15.7 Å². The molecule has 1 saturated heterocycles. The summed E-state index contributed by atoms with van der Waals surface area (Å²) in [6, 6.07) is 5.61. The number of hydrogen-bond donors (Lipinski definition) is 0. The van der Waals surface area contributed by atoms with Crippen LogP contribution in [-0.4, -0.2) is 58.3 Å². The van der Waals surface area contributed by atoms with Gasteiger partial charge in [-0.2, -0.15) is 4.31 Å². The van der Waals surface area contributed by atoms with Crippen LogP contribution in [0.4, 0.5) is 5.69 Å². The van der Waals surface area contributed by atoms with Crippen molar-refractivity contribution in [3.05, 3.63) is 29.7 Å². The fourth-order valence-corrected chi connectivity index (χ4v) is 4.90. The van der Waals surface area contributed by atoms with Crippen LogP contribution in [0.2, 0.25) is 0 Å². The van der Waals surface area contributed by atoms with Crippen molar-refractivity contribution in [3.63, 3.8) is 0 Å². The van der Waals surface area contributed by atoms with Gasteiger partial charge >= 0.3 is 0 Å². The van der Waals surface area contributed by atoms with Gasteiger partial charge in [-0.05, 0) is 26.0 Å². The van der Waals surface area contributed by atoms with Gasteiger partial charge in [-0.3, -0.25) is 0 Å². The third-order valence-electron chi connectivity index (χ3n) is 4.53. The molecule has 8 nitrogen and oxygen atoms in total. The van der Waals surface area contributed by atoms with Crippen molar-refractivity contribution in [2.24, 2.45) is 0 Å². The number of aromatic nitrogens is 1. The predicted octanol–water partition coefficient (Wildman–Crippen LogP) is 1.82. The molecule has 0 spiro atoms. The number of aryl methyl sites for hydroxylation is 2. The summed E-state index contributed by atoms with van der Waals surface area (Å²) < 4.78 is 43.0. The number of piperazine rings is 1. The van der Waals surface area contributed by atoms with Crippen LogP contribution in [0.15, 0.2) is 27.6 Å². The summed E-state index contributed by atoms with van der Waals surface area (Å²) in [5.41, 5.74) is 1.31. The summed E-state index contributed by atoms with van der Waals surface area (Å²) in [6.07, 6.45) is 0. The first-order valence-electron chi connectivity index (χ1n) is 8.28. The van der Waals surface area contributed by atoms with E-state index in [-0.39, 0.29) is 4.90 Å². The average molecular weight is 381 g/mol. The molecule has 0 unspecified atom stereocenters. The summed E-state index contributed by atoms with van der Waals surface area (Å²) in [6.45, 7) is 5.13. The Bertz CT molecular complexity index is 866. The zero-order valence-electron chi connectivity index (χ0n) is 15.4. The van der Waals surface area contributed by atoms with Crippen molar-refractivity contribution in [1.82, 2.24) is 9.46 Å². The van der Waals surface area contributed by atoms with Crippen LogP contribution in [0, 0.1) is 13.8 Å². The lowest BCUT2D eigenvalue weighted by atomic mass is 10.2. The lowest BCUT2D eigenvalue weighted by Gasteiger charge is -2.35. The molecule has 142 valence electrons. The average Bonchev–Trinajstić information content (AvgIpc) is 3.00. The summed E-state index contributed by atoms with van der Waals surface area (Å²) in [4.78, 5) is 2.28. The molecule has 0 atom stereocenters. The minimum Gasteiger partial charge on any atom is -0.497 e. The van der Waals surface area contributed by atoms with Crippen LogP contribution in [0.3, 0.4) is 0 Å². The van der Waals surface area contributed by atoms with Crippen LogP contribution in [0.25, 0.3) is 0 Å². The molecule has 0 aliphatic carbocycles. The maximum Gasteiger partial charge on any atom is 0.248 e. The molecule has 0 bridgehead atoms. The highest BCUT2D eigenvalue weighted by Crippen LogP contribution is 2.33. The second kappa shape index (κ2) is 7.16. The minimum atomic E-state index is -3.61. The summed E-state index contributed by atoms with van der Waals surface area (Å²) in [5.74, 6) is 1.73. The van der Waals surface area contributed by atoms with Crippen LogP contribution < -0.4 is 14.4 Å². The van der Waals surface area contributed by atoms with E-state index in [2.05, 4.69) is 10.1 Å². The molecule has 1 aromatic carbocycles. The van der Waals surface area contributed by atoms with E-state index >= 15 is 0 Å². The van der Waals surface area contributed by atoms with Crippen LogP contribution in [0.5, 0.6) is 11.5 Å². The lowest BCUT2D eigenvalue weighted by molar-refractivity contribution is 0.372. The largest absolute Gasteiger partial charge is 0.497 e. The molecule has 1 aliphatic rings. The maximum atomic E-state index is 12.9. The van der Waals surface area contributed by atoms with E-state index in [9.17, 15) is 8.42 Å². The second-order valence-electron chi connectivity index (χ2n) is 6.08. The zero-order chi connectivity index (χ0) is 18.9. The Hall–Kier alpha value is -2.26. The Morgan fingerprint density at radius 2 is 1.77 bits per heavy atom. The fourth-order valence-electron chi connectivity index (χ4n) is 3.19. The first kappa shape index (κ1) is 18.5. The molecular weight excluding hydrogens is 358 g/mol. The highest BCUT2D eigenvalue weighted by atomic mass is 32.2. The van der Waals surface area contributed by atoms with E-state index in [0.717, 1.165) is 5.69 Å². The van der Waals surface area contributed by atoms with E-state index in [1.807, 2.05) is 18.2 Å². The van der Waals surface area contributed by atoms with Gasteiger partial charge in [0.1, 0.15) is 22.1 Å². The minimum absolute atomic E-state index is 0.174. The van der Waals surface area contributed by atoms with Crippen LogP contribution in [-0.2, 0) is 10.0 Å². The van der Waals surface area contributed by atoms with E-state index in [1.165, 1.54) is 4.31 Å². The highest BCUT2D eigenvalue weighted by Gasteiger charge is 2.33. The first-order chi connectivity index (χ1) is 12.4. The number of benzene rings is 1. The number of methoxy groups -OCH3 is 2. The molecule has 0 amide bonds. The van der Waals surface area contributed by atoms with Gasteiger partial charge in [0.05, 0.1) is 19.9 Å². The van der Waals surface area contributed by atoms with Gasteiger partial charge in [-0.1, -0.05) is 5.16 Å². The number of sulfonamides is 1. The molecule has 1 aromatic heterocycles. The smallest absolute Gasteiger partial charge is 0.248 e. The Labute approximate surface area is 153 Å². The number of hydrogen-bond acceptors (Lipinski definition) is 7. The van der Waals surface area contributed by atoms with Gasteiger partial charge in [0.25, 0.3) is 0 Å². The molecule has 3 rings (SSSR count). The van der Waals surface area contributed by atoms with Crippen LogP contribution in [0.1, 0.15) is 11.5 Å². The topological polar surface area (TPSA) is 85.1 Å². The van der Waals surface area contributed by atoms with Crippen molar-refractivity contribution in [2.45, 2.75) is 18.7 Å². The third kappa shape index (κ3) is 3.24. The molecule has 2 heterocycles. The Morgan fingerprint density at radius 3 is 2.31 bits per heavy atom. The second-order valence-corrected chi connectivity index (χ2v) is 7.96.